The molecule has 0 heterocycles. The van der Waals surface area contributed by atoms with Gasteiger partial charge in [0, 0.05) is 13.3 Å². The van der Waals surface area contributed by atoms with Gasteiger partial charge in [0.05, 0.1) is 13.1 Å². The second kappa shape index (κ2) is 8.97. The van der Waals surface area contributed by atoms with Crippen molar-refractivity contribution in [1.29, 1.82) is 0 Å². The lowest BCUT2D eigenvalue weighted by Gasteiger charge is -2.08. The van der Waals surface area contributed by atoms with E-state index in [0.29, 0.717) is 12.8 Å². The number of carbonyl (C=O) groups is 4. The van der Waals surface area contributed by atoms with Crippen molar-refractivity contribution in [3.8, 4) is 0 Å². The van der Waals surface area contributed by atoms with Gasteiger partial charge in [-0.1, -0.05) is 6.92 Å². The molecule has 8 heteroatoms. The molecule has 0 aliphatic heterocycles. The minimum Gasteiger partial charge on any atom is -0.347 e. The summed E-state index contributed by atoms with van der Waals surface area (Å²) in [5, 5.41) is 4.65. The number of rotatable bonds is 6. The molecule has 0 radical (unpaired) electrons. The highest BCUT2D eigenvalue weighted by molar-refractivity contribution is 5.88. The second-order valence-electron chi connectivity index (χ2n) is 3.53. The van der Waals surface area contributed by atoms with Gasteiger partial charge < -0.3 is 10.6 Å². The number of hydrogen-bond donors (Lipinski definition) is 4. The smallest absolute Gasteiger partial charge is 0.257 e. The fourth-order valence-corrected chi connectivity index (χ4v) is 0.927. The van der Waals surface area contributed by atoms with Crippen LogP contribution in [0.25, 0.3) is 0 Å². The van der Waals surface area contributed by atoms with Crippen molar-refractivity contribution in [3.05, 3.63) is 0 Å². The van der Waals surface area contributed by atoms with Crippen LogP contribution in [0.1, 0.15) is 26.7 Å². The summed E-state index contributed by atoms with van der Waals surface area (Å²) in [6.45, 7) is 2.69. The molecule has 0 unspecified atom stereocenters. The van der Waals surface area contributed by atoms with Crippen LogP contribution >= 0.6 is 0 Å². The predicted octanol–water partition coefficient (Wildman–Crippen LogP) is -1.81. The molecule has 0 spiro atoms. The summed E-state index contributed by atoms with van der Waals surface area (Å²) in [5.41, 5.74) is 4.19. The van der Waals surface area contributed by atoms with Crippen LogP contribution in [-0.4, -0.2) is 36.7 Å². The molecule has 102 valence electrons. The van der Waals surface area contributed by atoms with Gasteiger partial charge in [0.15, 0.2) is 0 Å². The summed E-state index contributed by atoms with van der Waals surface area (Å²) in [7, 11) is 0. The largest absolute Gasteiger partial charge is 0.347 e. The minimum atomic E-state index is -0.557. The van der Waals surface area contributed by atoms with Crippen molar-refractivity contribution in [2.45, 2.75) is 26.7 Å². The summed E-state index contributed by atoms with van der Waals surface area (Å²) in [4.78, 5) is 43.8. The number of hydrazine groups is 1. The molecule has 0 aromatic heterocycles. The molecule has 18 heavy (non-hydrogen) atoms. The van der Waals surface area contributed by atoms with Gasteiger partial charge in [-0.15, -0.1) is 0 Å². The van der Waals surface area contributed by atoms with E-state index in [4.69, 9.17) is 0 Å². The molecule has 0 fully saturated rings. The Kier molecular flexibility index (Phi) is 7.91. The third kappa shape index (κ3) is 9.13. The van der Waals surface area contributed by atoms with Crippen LogP contribution in [0.2, 0.25) is 0 Å². The van der Waals surface area contributed by atoms with E-state index < -0.39 is 11.8 Å². The van der Waals surface area contributed by atoms with Crippen molar-refractivity contribution < 1.29 is 19.2 Å². The van der Waals surface area contributed by atoms with Crippen LogP contribution in [0.15, 0.2) is 0 Å². The molecule has 0 aromatic rings. The molecule has 0 aliphatic rings. The third-order valence-corrected chi connectivity index (χ3v) is 1.76. The normalized spacial score (nSPS) is 9.22. The Balaban J connectivity index is 3.67. The van der Waals surface area contributed by atoms with Gasteiger partial charge in [0.25, 0.3) is 11.8 Å². The Morgan fingerprint density at radius 2 is 1.33 bits per heavy atom. The topological polar surface area (TPSA) is 116 Å². The summed E-state index contributed by atoms with van der Waals surface area (Å²) < 4.78 is 0. The molecular weight excluding hydrogens is 240 g/mol. The lowest BCUT2D eigenvalue weighted by Crippen LogP contribution is -2.49. The van der Waals surface area contributed by atoms with E-state index in [1.54, 1.807) is 0 Å². The second-order valence-corrected chi connectivity index (χ2v) is 3.53. The molecular formula is C10H18N4O4. The average molecular weight is 258 g/mol. The molecule has 0 aliphatic carbocycles. The Hall–Kier alpha value is -2.12. The van der Waals surface area contributed by atoms with Crippen molar-refractivity contribution in [2.24, 2.45) is 0 Å². The Morgan fingerprint density at radius 3 is 1.78 bits per heavy atom. The predicted molar refractivity (Wildman–Crippen MR) is 62.9 cm³/mol. The van der Waals surface area contributed by atoms with Crippen molar-refractivity contribution in [1.82, 2.24) is 21.5 Å². The van der Waals surface area contributed by atoms with Gasteiger partial charge in [-0.3, -0.25) is 30.0 Å². The Labute approximate surface area is 105 Å². The quantitative estimate of drug-likeness (QED) is 0.420. The highest BCUT2D eigenvalue weighted by atomic mass is 16.2. The van der Waals surface area contributed by atoms with Crippen LogP contribution in [0.3, 0.4) is 0 Å². The zero-order chi connectivity index (χ0) is 14.0. The standard InChI is InChI=1S/C10H18N4O4/c1-3-4-8(16)12-6-10(18)14-13-9(17)5-11-7(2)15/h3-6H2,1-2H3,(H,11,15)(H,12,16)(H,13,17)(H,14,18). The Morgan fingerprint density at radius 1 is 0.833 bits per heavy atom. The maximum atomic E-state index is 11.2. The molecule has 0 saturated heterocycles. The van der Waals surface area contributed by atoms with E-state index in [1.807, 2.05) is 6.92 Å². The minimum absolute atomic E-state index is 0.209. The van der Waals surface area contributed by atoms with E-state index in [-0.39, 0.29) is 24.9 Å². The zero-order valence-electron chi connectivity index (χ0n) is 10.5. The first-order chi connectivity index (χ1) is 8.45. The van der Waals surface area contributed by atoms with E-state index in [1.165, 1.54) is 6.92 Å². The van der Waals surface area contributed by atoms with Crippen LogP contribution in [-0.2, 0) is 19.2 Å². The molecule has 0 rings (SSSR count). The van der Waals surface area contributed by atoms with E-state index in [2.05, 4.69) is 21.5 Å². The first-order valence-electron chi connectivity index (χ1n) is 5.54. The first kappa shape index (κ1) is 15.9. The lowest BCUT2D eigenvalue weighted by molar-refractivity contribution is -0.130. The van der Waals surface area contributed by atoms with Gasteiger partial charge >= 0.3 is 0 Å². The van der Waals surface area contributed by atoms with E-state index in [0.717, 1.165) is 0 Å². The molecule has 0 aromatic carbocycles. The molecule has 0 atom stereocenters. The summed E-state index contributed by atoms with van der Waals surface area (Å²) in [6, 6.07) is 0. The average Bonchev–Trinajstić information content (AvgIpc) is 2.31. The summed E-state index contributed by atoms with van der Waals surface area (Å²) in [6.07, 6.45) is 1.04. The van der Waals surface area contributed by atoms with E-state index >= 15 is 0 Å². The maximum absolute atomic E-state index is 11.2. The first-order valence-corrected chi connectivity index (χ1v) is 5.54. The lowest BCUT2D eigenvalue weighted by atomic mass is 10.3. The summed E-state index contributed by atoms with van der Waals surface area (Å²) in [5.74, 6) is -1.67. The molecule has 0 saturated carbocycles. The van der Waals surface area contributed by atoms with Crippen molar-refractivity contribution in [3.63, 3.8) is 0 Å². The third-order valence-electron chi connectivity index (χ3n) is 1.76. The fourth-order valence-electron chi connectivity index (χ4n) is 0.927. The van der Waals surface area contributed by atoms with Crippen LogP contribution in [0.4, 0.5) is 0 Å². The molecule has 0 bridgehead atoms. The van der Waals surface area contributed by atoms with Gasteiger partial charge in [-0.2, -0.15) is 0 Å². The van der Waals surface area contributed by atoms with Crippen LogP contribution in [0.5, 0.6) is 0 Å². The monoisotopic (exact) mass is 258 g/mol. The van der Waals surface area contributed by atoms with Crippen LogP contribution in [0, 0.1) is 0 Å². The molecule has 8 nitrogen and oxygen atoms in total. The van der Waals surface area contributed by atoms with Crippen molar-refractivity contribution in [2.75, 3.05) is 13.1 Å². The van der Waals surface area contributed by atoms with E-state index in [9.17, 15) is 19.2 Å². The highest BCUT2D eigenvalue weighted by Crippen LogP contribution is 1.84. The number of carbonyl (C=O) groups excluding carboxylic acids is 4. The fraction of sp³-hybridized carbons (Fsp3) is 0.600. The number of hydrogen-bond acceptors (Lipinski definition) is 4. The maximum Gasteiger partial charge on any atom is 0.257 e. The number of amides is 4. The SMILES string of the molecule is CCCC(=O)NCC(=O)NNC(=O)CNC(C)=O. The highest BCUT2D eigenvalue weighted by Gasteiger charge is 2.06. The summed E-state index contributed by atoms with van der Waals surface area (Å²) >= 11 is 0. The molecule has 4 N–H and O–H groups in total. The molecule has 4 amide bonds. The number of nitrogens with one attached hydrogen (secondary N) is 4. The Bertz CT molecular complexity index is 330. The zero-order valence-corrected chi connectivity index (χ0v) is 10.5. The van der Waals surface area contributed by atoms with Crippen LogP contribution < -0.4 is 21.5 Å². The van der Waals surface area contributed by atoms with Gasteiger partial charge in [0.1, 0.15) is 0 Å². The van der Waals surface area contributed by atoms with Gasteiger partial charge in [-0.05, 0) is 6.42 Å². The van der Waals surface area contributed by atoms with Gasteiger partial charge in [0.2, 0.25) is 11.8 Å². The van der Waals surface area contributed by atoms with Crippen molar-refractivity contribution >= 4 is 23.6 Å². The van der Waals surface area contributed by atoms with Gasteiger partial charge in [-0.25, -0.2) is 0 Å².